The Bertz CT molecular complexity index is 1240. The fourth-order valence-corrected chi connectivity index (χ4v) is 4.43. The van der Waals surface area contributed by atoms with E-state index in [-0.39, 0.29) is 44.7 Å². The van der Waals surface area contributed by atoms with Gasteiger partial charge in [0.1, 0.15) is 6.04 Å². The van der Waals surface area contributed by atoms with Crippen LogP contribution in [0.5, 0.6) is 0 Å². The minimum atomic E-state index is -5.55. The first kappa shape index (κ1) is 32.7. The van der Waals surface area contributed by atoms with Crippen molar-refractivity contribution in [2.45, 2.75) is 41.7 Å². The van der Waals surface area contributed by atoms with Gasteiger partial charge < -0.3 is 32.7 Å². The number of aryl methyl sites for hydroxylation is 1. The molecule has 0 heterocycles. The molecule has 0 aliphatic heterocycles. The van der Waals surface area contributed by atoms with E-state index in [9.17, 15) is 36.0 Å². The average Bonchev–Trinajstić information content (AvgIpc) is 2.90. The van der Waals surface area contributed by atoms with Gasteiger partial charge in [0.15, 0.2) is 0 Å². The second-order valence-corrected chi connectivity index (χ2v) is 10.8. The molecule has 2 atom stereocenters. The fraction of sp³-hybridized carbons (Fsp3) is 0.400. The number of nitrogens with zero attached hydrogens (tertiary/aromatic N) is 1. The molecule has 0 aliphatic carbocycles. The summed E-state index contributed by atoms with van der Waals surface area (Å²) in [4.78, 5) is 38.8. The van der Waals surface area contributed by atoms with Crippen molar-refractivity contribution in [2.75, 3.05) is 31.5 Å². The maximum absolute atomic E-state index is 13.1. The molecular weight excluding hydrogens is 553 g/mol. The summed E-state index contributed by atoms with van der Waals surface area (Å²) in [5.41, 5.74) is 12.4. The summed E-state index contributed by atoms with van der Waals surface area (Å²) in [5.74, 6) is -1.92. The first-order valence-electron chi connectivity index (χ1n) is 12.3. The van der Waals surface area contributed by atoms with E-state index < -0.39 is 50.0 Å². The average molecular weight is 587 g/mol. The van der Waals surface area contributed by atoms with Crippen LogP contribution in [0.3, 0.4) is 0 Å². The van der Waals surface area contributed by atoms with Crippen LogP contribution in [-0.2, 0) is 30.6 Å². The Morgan fingerprint density at radius 1 is 0.900 bits per heavy atom. The van der Waals surface area contributed by atoms with Crippen LogP contribution >= 0.6 is 0 Å². The smallest absolute Gasteiger partial charge is 0.343 e. The molecule has 0 aromatic heterocycles. The largest absolute Gasteiger partial charge is 0.501 e. The summed E-state index contributed by atoms with van der Waals surface area (Å²) >= 11 is 0. The minimum absolute atomic E-state index is 0.00349. The van der Waals surface area contributed by atoms with Crippen molar-refractivity contribution in [2.24, 2.45) is 17.2 Å². The summed E-state index contributed by atoms with van der Waals surface area (Å²) in [6.07, 6.45) is 0.139. The third kappa shape index (κ3) is 9.29. The van der Waals surface area contributed by atoms with Crippen LogP contribution in [0.2, 0.25) is 0 Å². The van der Waals surface area contributed by atoms with Crippen molar-refractivity contribution in [3.8, 4) is 0 Å². The number of carbonyl (C=O) groups is 3. The first-order chi connectivity index (χ1) is 18.8. The van der Waals surface area contributed by atoms with E-state index in [1.165, 1.54) is 4.90 Å². The zero-order valence-electron chi connectivity index (χ0n) is 21.6. The molecule has 2 aromatic rings. The molecular formula is C25H33F3N6O5S. The van der Waals surface area contributed by atoms with Crippen molar-refractivity contribution in [3.05, 3.63) is 60.2 Å². The summed E-state index contributed by atoms with van der Waals surface area (Å²) in [6.45, 7) is 0.848. The van der Waals surface area contributed by atoms with Crippen molar-refractivity contribution >= 4 is 33.2 Å². The highest BCUT2D eigenvalue weighted by atomic mass is 32.2. The van der Waals surface area contributed by atoms with E-state index in [2.05, 4.69) is 10.6 Å². The molecule has 0 spiro atoms. The van der Waals surface area contributed by atoms with Gasteiger partial charge in [-0.2, -0.15) is 13.2 Å². The molecule has 0 bridgehead atoms. The van der Waals surface area contributed by atoms with Gasteiger partial charge in [-0.3, -0.25) is 14.4 Å². The normalized spacial score (nSPS) is 13.2. The zero-order valence-corrected chi connectivity index (χ0v) is 22.4. The Morgan fingerprint density at radius 3 is 2.00 bits per heavy atom. The summed E-state index contributed by atoms with van der Waals surface area (Å²) < 4.78 is 61.6. The van der Waals surface area contributed by atoms with Crippen LogP contribution in [0.25, 0.3) is 0 Å². The van der Waals surface area contributed by atoms with E-state index in [1.807, 2.05) is 18.2 Å². The van der Waals surface area contributed by atoms with E-state index in [0.717, 1.165) is 17.7 Å². The predicted molar refractivity (Wildman–Crippen MR) is 142 cm³/mol. The lowest BCUT2D eigenvalue weighted by atomic mass is 10.0. The maximum atomic E-state index is 13.1. The second kappa shape index (κ2) is 14.7. The van der Waals surface area contributed by atoms with Gasteiger partial charge in [-0.05, 0) is 42.7 Å². The lowest BCUT2D eigenvalue weighted by Crippen LogP contribution is -2.52. The lowest BCUT2D eigenvalue weighted by molar-refractivity contribution is -0.134. The van der Waals surface area contributed by atoms with Gasteiger partial charge >= 0.3 is 5.51 Å². The number of amides is 3. The standard InChI is InChI=1S/C25H33F3N6O5S/c26-25(27,28)40(38,39)19-9-7-18(8-10-19)32-24(37)21(11-6-17-4-2-1-3-5-17)33-23(36)20(31)16-22(35)34(14-12-29)15-13-30/h1-5,7-10,20-21H,6,11-16,29-31H2,(H,32,37)(H,33,36)/t20-,21-/m0/s1. The Kier molecular flexibility index (Phi) is 12.0. The number of rotatable bonds is 14. The van der Waals surface area contributed by atoms with Crippen molar-refractivity contribution in [3.63, 3.8) is 0 Å². The molecule has 0 saturated heterocycles. The molecule has 11 nitrogen and oxygen atoms in total. The van der Waals surface area contributed by atoms with E-state index in [4.69, 9.17) is 17.2 Å². The number of anilines is 1. The summed E-state index contributed by atoms with van der Waals surface area (Å²) in [5, 5.41) is 4.99. The SMILES string of the molecule is NCCN(CCN)C(=O)C[C@H](N)C(=O)N[C@@H](CCc1ccccc1)C(=O)Nc1ccc(S(=O)(=O)C(F)(F)F)cc1. The third-order valence-electron chi connectivity index (χ3n) is 5.82. The van der Waals surface area contributed by atoms with Crippen LogP contribution < -0.4 is 27.8 Å². The Morgan fingerprint density at radius 2 is 1.48 bits per heavy atom. The molecule has 40 heavy (non-hydrogen) atoms. The van der Waals surface area contributed by atoms with Crippen LogP contribution in [0.1, 0.15) is 18.4 Å². The minimum Gasteiger partial charge on any atom is -0.343 e. The number of alkyl halides is 3. The van der Waals surface area contributed by atoms with Crippen molar-refractivity contribution in [1.29, 1.82) is 0 Å². The lowest BCUT2D eigenvalue weighted by Gasteiger charge is -2.24. The summed E-state index contributed by atoms with van der Waals surface area (Å²) in [7, 11) is -5.55. The molecule has 220 valence electrons. The quantitative estimate of drug-likeness (QED) is 0.211. The van der Waals surface area contributed by atoms with Crippen LogP contribution in [0.15, 0.2) is 59.5 Å². The number of nitrogens with one attached hydrogen (secondary N) is 2. The van der Waals surface area contributed by atoms with Gasteiger partial charge in [0.2, 0.25) is 17.7 Å². The van der Waals surface area contributed by atoms with Crippen LogP contribution in [0, 0.1) is 0 Å². The van der Waals surface area contributed by atoms with Gasteiger partial charge in [-0.25, -0.2) is 8.42 Å². The summed E-state index contributed by atoms with van der Waals surface area (Å²) in [6, 6.07) is 10.1. The fourth-order valence-electron chi connectivity index (χ4n) is 3.67. The molecule has 2 aromatic carbocycles. The molecule has 0 fully saturated rings. The van der Waals surface area contributed by atoms with Gasteiger partial charge in [0, 0.05) is 31.9 Å². The molecule has 0 radical (unpaired) electrons. The van der Waals surface area contributed by atoms with E-state index in [0.29, 0.717) is 18.6 Å². The Labute approximate surface area is 230 Å². The molecule has 15 heteroatoms. The number of hydrogen-bond acceptors (Lipinski definition) is 8. The number of sulfone groups is 1. The number of carbonyl (C=O) groups excluding carboxylic acids is 3. The number of nitrogens with two attached hydrogens (primary N) is 3. The number of halogens is 3. The third-order valence-corrected chi connectivity index (χ3v) is 7.32. The van der Waals surface area contributed by atoms with Gasteiger partial charge in [-0.15, -0.1) is 0 Å². The highest BCUT2D eigenvalue weighted by molar-refractivity contribution is 7.92. The van der Waals surface area contributed by atoms with Crippen molar-refractivity contribution in [1.82, 2.24) is 10.2 Å². The van der Waals surface area contributed by atoms with Gasteiger partial charge in [-0.1, -0.05) is 30.3 Å². The zero-order chi connectivity index (χ0) is 29.9. The Balaban J connectivity index is 2.15. The monoisotopic (exact) mass is 586 g/mol. The first-order valence-corrected chi connectivity index (χ1v) is 13.8. The van der Waals surface area contributed by atoms with Crippen molar-refractivity contribution < 1.29 is 36.0 Å². The highest BCUT2D eigenvalue weighted by Gasteiger charge is 2.46. The molecule has 3 amide bonds. The molecule has 0 unspecified atom stereocenters. The number of benzene rings is 2. The molecule has 2 rings (SSSR count). The Hall–Kier alpha value is -3.53. The molecule has 0 saturated carbocycles. The maximum Gasteiger partial charge on any atom is 0.501 e. The molecule has 8 N–H and O–H groups in total. The predicted octanol–water partition coefficient (Wildman–Crippen LogP) is 0.500. The van der Waals surface area contributed by atoms with Crippen LogP contribution in [-0.4, -0.2) is 74.8 Å². The number of hydrogen-bond donors (Lipinski definition) is 5. The van der Waals surface area contributed by atoms with E-state index in [1.54, 1.807) is 12.1 Å². The van der Waals surface area contributed by atoms with Gasteiger partial charge in [0.25, 0.3) is 9.84 Å². The van der Waals surface area contributed by atoms with E-state index >= 15 is 0 Å². The topological polar surface area (TPSA) is 191 Å². The second-order valence-electron chi connectivity index (χ2n) is 8.82. The highest BCUT2D eigenvalue weighted by Crippen LogP contribution is 2.30. The van der Waals surface area contributed by atoms with Gasteiger partial charge in [0.05, 0.1) is 17.4 Å². The molecule has 0 aliphatic rings. The van der Waals surface area contributed by atoms with Crippen LogP contribution in [0.4, 0.5) is 18.9 Å².